The minimum absolute atomic E-state index is 0.209. The number of hydrogen-bond donors (Lipinski definition) is 0. The second kappa shape index (κ2) is 5.57. The number of thioether (sulfide) groups is 1. The summed E-state index contributed by atoms with van der Waals surface area (Å²) < 4.78 is 40.4. The molecule has 100 valence electrons. The van der Waals surface area contributed by atoms with Crippen molar-refractivity contribution in [1.82, 2.24) is 0 Å². The summed E-state index contributed by atoms with van der Waals surface area (Å²) in [5.74, 6) is -0.209. The number of ether oxygens (including phenoxy) is 1. The predicted molar refractivity (Wildman–Crippen MR) is 70.3 cm³/mol. The van der Waals surface area contributed by atoms with Gasteiger partial charge in [-0.15, -0.1) is 24.9 Å². The van der Waals surface area contributed by atoms with E-state index in [2.05, 4.69) is 4.74 Å². The van der Waals surface area contributed by atoms with Crippen molar-refractivity contribution in [3.8, 4) is 16.9 Å². The summed E-state index contributed by atoms with van der Waals surface area (Å²) in [6, 6.07) is 13.6. The highest BCUT2D eigenvalue weighted by Gasteiger charge is 2.31. The van der Waals surface area contributed by atoms with Gasteiger partial charge in [-0.2, -0.15) is 0 Å². The largest absolute Gasteiger partial charge is 0.573 e. The lowest BCUT2D eigenvalue weighted by Crippen LogP contribution is -2.17. The van der Waals surface area contributed by atoms with Crippen LogP contribution < -0.4 is 4.74 Å². The first-order valence-electron chi connectivity index (χ1n) is 5.48. The fourth-order valence-electron chi connectivity index (χ4n) is 1.66. The summed E-state index contributed by atoms with van der Waals surface area (Å²) in [6.07, 6.45) is -2.70. The Balaban J connectivity index is 2.27. The fraction of sp³-hybridized carbons (Fsp3) is 0.143. The van der Waals surface area contributed by atoms with E-state index in [4.69, 9.17) is 0 Å². The lowest BCUT2D eigenvalue weighted by atomic mass is 10.1. The van der Waals surface area contributed by atoms with E-state index < -0.39 is 6.36 Å². The zero-order valence-electron chi connectivity index (χ0n) is 10.1. The number of benzene rings is 2. The molecule has 19 heavy (non-hydrogen) atoms. The third-order valence-electron chi connectivity index (χ3n) is 2.49. The van der Waals surface area contributed by atoms with Gasteiger partial charge >= 0.3 is 6.36 Å². The Morgan fingerprint density at radius 2 is 1.63 bits per heavy atom. The Hall–Kier alpha value is -1.62. The fourth-order valence-corrected chi connectivity index (χ4v) is 2.06. The molecule has 0 heterocycles. The van der Waals surface area contributed by atoms with E-state index >= 15 is 0 Å². The predicted octanol–water partition coefficient (Wildman–Crippen LogP) is 4.97. The highest BCUT2D eigenvalue weighted by molar-refractivity contribution is 7.98. The van der Waals surface area contributed by atoms with Gasteiger partial charge in [-0.1, -0.05) is 24.3 Å². The molecule has 0 aromatic heterocycles. The van der Waals surface area contributed by atoms with Gasteiger partial charge in [0.05, 0.1) is 0 Å². The van der Waals surface area contributed by atoms with Gasteiger partial charge in [0.1, 0.15) is 5.75 Å². The maximum atomic E-state index is 12.1. The molecule has 2 rings (SSSR count). The second-order valence-electron chi connectivity index (χ2n) is 3.80. The molecule has 0 spiro atoms. The first-order valence-corrected chi connectivity index (χ1v) is 6.71. The van der Waals surface area contributed by atoms with Gasteiger partial charge in [0.2, 0.25) is 0 Å². The van der Waals surface area contributed by atoms with Crippen LogP contribution >= 0.6 is 11.8 Å². The van der Waals surface area contributed by atoms with Crippen LogP contribution in [0.4, 0.5) is 13.2 Å². The molecule has 0 radical (unpaired) electrons. The zero-order valence-corrected chi connectivity index (χ0v) is 10.9. The SMILES string of the molecule is CSc1ccc(-c2cccc(OC(F)(F)F)c2)cc1. The Morgan fingerprint density at radius 1 is 0.947 bits per heavy atom. The van der Waals surface area contributed by atoms with Crippen LogP contribution in [0, 0.1) is 0 Å². The third kappa shape index (κ3) is 3.92. The average Bonchev–Trinajstić information content (AvgIpc) is 2.37. The molecule has 0 saturated heterocycles. The Kier molecular flexibility index (Phi) is 4.04. The highest BCUT2D eigenvalue weighted by Crippen LogP contribution is 2.28. The molecule has 2 aromatic carbocycles. The standard InChI is InChI=1S/C14H11F3OS/c1-19-13-7-5-10(6-8-13)11-3-2-4-12(9-11)18-14(15,16)17/h2-9H,1H3. The first kappa shape index (κ1) is 13.8. The molecule has 1 nitrogen and oxygen atoms in total. The normalized spacial score (nSPS) is 11.4. The molecule has 0 N–H and O–H groups in total. The van der Waals surface area contributed by atoms with Gasteiger partial charge in [0.25, 0.3) is 0 Å². The van der Waals surface area contributed by atoms with E-state index in [1.165, 1.54) is 12.1 Å². The molecule has 0 aliphatic heterocycles. The van der Waals surface area contributed by atoms with Crippen LogP contribution in [0.1, 0.15) is 0 Å². The van der Waals surface area contributed by atoms with E-state index in [9.17, 15) is 13.2 Å². The van der Waals surface area contributed by atoms with Crippen molar-refractivity contribution >= 4 is 11.8 Å². The molecule has 0 aliphatic carbocycles. The summed E-state index contributed by atoms with van der Waals surface area (Å²) in [4.78, 5) is 1.10. The lowest BCUT2D eigenvalue weighted by molar-refractivity contribution is -0.274. The van der Waals surface area contributed by atoms with Crippen LogP contribution in [-0.2, 0) is 0 Å². The van der Waals surface area contributed by atoms with Crippen molar-refractivity contribution in [2.75, 3.05) is 6.26 Å². The van der Waals surface area contributed by atoms with E-state index in [1.54, 1.807) is 23.9 Å². The molecular weight excluding hydrogens is 273 g/mol. The van der Waals surface area contributed by atoms with Gasteiger partial charge in [-0.3, -0.25) is 0 Å². The smallest absolute Gasteiger partial charge is 0.406 e. The molecule has 0 bridgehead atoms. The Bertz CT molecular complexity index is 549. The van der Waals surface area contributed by atoms with Crippen LogP contribution in [0.3, 0.4) is 0 Å². The van der Waals surface area contributed by atoms with E-state index in [1.807, 2.05) is 30.5 Å². The average molecular weight is 284 g/mol. The van der Waals surface area contributed by atoms with Crippen molar-refractivity contribution in [1.29, 1.82) is 0 Å². The maximum absolute atomic E-state index is 12.1. The molecular formula is C14H11F3OS. The molecule has 0 saturated carbocycles. The van der Waals surface area contributed by atoms with E-state index in [0.717, 1.165) is 10.5 Å². The van der Waals surface area contributed by atoms with Gasteiger partial charge in [-0.05, 0) is 41.6 Å². The molecule has 0 atom stereocenters. The second-order valence-corrected chi connectivity index (χ2v) is 4.68. The first-order chi connectivity index (χ1) is 8.98. The Labute approximate surface area is 113 Å². The van der Waals surface area contributed by atoms with Gasteiger partial charge in [-0.25, -0.2) is 0 Å². The summed E-state index contributed by atoms with van der Waals surface area (Å²) >= 11 is 1.61. The summed E-state index contributed by atoms with van der Waals surface area (Å²) in [5.41, 5.74) is 1.54. The molecule has 0 aliphatic rings. The molecule has 5 heteroatoms. The monoisotopic (exact) mass is 284 g/mol. The molecule has 0 amide bonds. The highest BCUT2D eigenvalue weighted by atomic mass is 32.2. The number of alkyl halides is 3. The van der Waals surface area contributed by atoms with Gasteiger partial charge in [0.15, 0.2) is 0 Å². The Morgan fingerprint density at radius 3 is 2.21 bits per heavy atom. The van der Waals surface area contributed by atoms with Crippen molar-refractivity contribution in [2.45, 2.75) is 11.3 Å². The topological polar surface area (TPSA) is 9.23 Å². The van der Waals surface area contributed by atoms with Crippen molar-refractivity contribution in [3.05, 3.63) is 48.5 Å². The lowest BCUT2D eigenvalue weighted by Gasteiger charge is -2.10. The summed E-state index contributed by atoms with van der Waals surface area (Å²) in [7, 11) is 0. The van der Waals surface area contributed by atoms with Crippen LogP contribution in [-0.4, -0.2) is 12.6 Å². The zero-order chi connectivity index (χ0) is 13.9. The maximum Gasteiger partial charge on any atom is 0.573 e. The number of hydrogen-bond acceptors (Lipinski definition) is 2. The quantitative estimate of drug-likeness (QED) is 0.736. The molecule has 0 unspecified atom stereocenters. The third-order valence-corrected chi connectivity index (χ3v) is 3.23. The van der Waals surface area contributed by atoms with Crippen LogP contribution in [0.25, 0.3) is 11.1 Å². The molecule has 0 fully saturated rings. The van der Waals surface area contributed by atoms with E-state index in [0.29, 0.717) is 5.56 Å². The van der Waals surface area contributed by atoms with Crippen molar-refractivity contribution in [3.63, 3.8) is 0 Å². The van der Waals surface area contributed by atoms with Gasteiger partial charge in [0, 0.05) is 4.90 Å². The van der Waals surface area contributed by atoms with Crippen LogP contribution in [0.2, 0.25) is 0 Å². The van der Waals surface area contributed by atoms with Crippen molar-refractivity contribution in [2.24, 2.45) is 0 Å². The minimum Gasteiger partial charge on any atom is -0.406 e. The number of halogens is 3. The molecule has 2 aromatic rings. The van der Waals surface area contributed by atoms with Gasteiger partial charge < -0.3 is 4.74 Å². The summed E-state index contributed by atoms with van der Waals surface area (Å²) in [6.45, 7) is 0. The minimum atomic E-state index is -4.67. The van der Waals surface area contributed by atoms with Crippen LogP contribution in [0.5, 0.6) is 5.75 Å². The van der Waals surface area contributed by atoms with E-state index in [-0.39, 0.29) is 5.75 Å². The summed E-state index contributed by atoms with van der Waals surface area (Å²) in [5, 5.41) is 0. The number of rotatable bonds is 3. The van der Waals surface area contributed by atoms with Crippen LogP contribution in [0.15, 0.2) is 53.4 Å². The van der Waals surface area contributed by atoms with Crippen molar-refractivity contribution < 1.29 is 17.9 Å².